The van der Waals surface area contributed by atoms with Gasteiger partial charge >= 0.3 is 0 Å². The Morgan fingerprint density at radius 2 is 1.03 bits per heavy atom. The van der Waals surface area contributed by atoms with Gasteiger partial charge in [-0.25, -0.2) is 0 Å². The number of aromatic nitrogens is 1. The summed E-state index contributed by atoms with van der Waals surface area (Å²) >= 11 is 0. The van der Waals surface area contributed by atoms with Crippen molar-refractivity contribution in [1.82, 2.24) is 4.57 Å². The molecule has 0 aliphatic heterocycles. The van der Waals surface area contributed by atoms with Crippen LogP contribution in [0.5, 0.6) is 0 Å². The number of nitrogens with zero attached hydrogens (tertiary/aromatic N) is 2. The quantitative estimate of drug-likeness (QED) is 0.161. The highest BCUT2D eigenvalue weighted by Gasteiger charge is 2.24. The molecule has 2 heterocycles. The average Bonchev–Trinajstić information content (AvgIpc) is 3.83. The molecule has 0 fully saturated rings. The molecule has 59 heavy (non-hydrogen) atoms. The standard InChI is InChI=1S/C56H40N2O/c1-37-17-15-23-43(31-37)57(55-38(2)32-42(39-18-5-3-6-19-39)34-49(55)40-20-7-4-8-21-40)45-35-50(56-51(36-45)48-27-11-14-30-54(48)59-56)41-22-16-24-44(33-41)58-52-28-12-9-25-46(52)47-26-10-13-29-53(47)58/h3-36H,1-2H3. The summed E-state index contributed by atoms with van der Waals surface area (Å²) in [6.07, 6.45) is 0. The van der Waals surface area contributed by atoms with E-state index in [0.29, 0.717) is 0 Å². The van der Waals surface area contributed by atoms with Crippen LogP contribution in [0.3, 0.4) is 0 Å². The maximum Gasteiger partial charge on any atom is 0.143 e. The molecule has 11 aromatic rings. The van der Waals surface area contributed by atoms with Gasteiger partial charge in [0.1, 0.15) is 11.2 Å². The molecule has 0 radical (unpaired) electrons. The molecule has 0 bridgehead atoms. The second kappa shape index (κ2) is 14.1. The minimum absolute atomic E-state index is 0.870. The highest BCUT2D eigenvalue weighted by atomic mass is 16.3. The monoisotopic (exact) mass is 756 g/mol. The van der Waals surface area contributed by atoms with Crippen LogP contribution < -0.4 is 4.90 Å². The Morgan fingerprint density at radius 1 is 0.407 bits per heavy atom. The second-order valence-electron chi connectivity index (χ2n) is 15.5. The van der Waals surface area contributed by atoms with Crippen LogP contribution in [0.25, 0.3) is 82.8 Å². The molecule has 0 amide bonds. The second-order valence-corrected chi connectivity index (χ2v) is 15.5. The highest BCUT2D eigenvalue weighted by Crippen LogP contribution is 2.48. The summed E-state index contributed by atoms with van der Waals surface area (Å²) in [6, 6.07) is 74.4. The van der Waals surface area contributed by atoms with E-state index >= 15 is 0 Å². The van der Waals surface area contributed by atoms with Gasteiger partial charge in [-0.15, -0.1) is 0 Å². The molecule has 0 saturated carbocycles. The maximum absolute atomic E-state index is 6.83. The number of hydrogen-bond donors (Lipinski definition) is 0. The normalized spacial score (nSPS) is 11.6. The SMILES string of the molecule is Cc1cccc(N(c2cc(-c3cccc(-n4c5ccccc5c5ccccc54)c3)c3oc4ccccc4c3c2)c2c(C)cc(-c3ccccc3)cc2-c2ccccc2)c1. The van der Waals surface area contributed by atoms with Crippen LogP contribution in [-0.4, -0.2) is 4.57 Å². The van der Waals surface area contributed by atoms with Crippen LogP contribution in [0.4, 0.5) is 17.1 Å². The minimum Gasteiger partial charge on any atom is -0.455 e. The van der Waals surface area contributed by atoms with Gasteiger partial charge in [-0.2, -0.15) is 0 Å². The number of rotatable bonds is 7. The van der Waals surface area contributed by atoms with E-state index < -0.39 is 0 Å². The third-order valence-electron chi connectivity index (χ3n) is 11.7. The summed E-state index contributed by atoms with van der Waals surface area (Å²) in [5, 5.41) is 4.65. The first-order valence-electron chi connectivity index (χ1n) is 20.3. The summed E-state index contributed by atoms with van der Waals surface area (Å²) in [4.78, 5) is 2.46. The van der Waals surface area contributed by atoms with Crippen LogP contribution in [-0.2, 0) is 0 Å². The van der Waals surface area contributed by atoms with Crippen molar-refractivity contribution in [2.75, 3.05) is 4.90 Å². The predicted molar refractivity (Wildman–Crippen MR) is 249 cm³/mol. The molecule has 0 unspecified atom stereocenters. The van der Waals surface area contributed by atoms with Crippen molar-refractivity contribution in [1.29, 1.82) is 0 Å². The largest absolute Gasteiger partial charge is 0.455 e. The Bertz CT molecular complexity index is 3300. The van der Waals surface area contributed by atoms with E-state index in [1.54, 1.807) is 0 Å². The molecular formula is C56H40N2O. The van der Waals surface area contributed by atoms with Crippen LogP contribution in [0.2, 0.25) is 0 Å². The molecule has 0 atom stereocenters. The maximum atomic E-state index is 6.83. The Hall–Kier alpha value is -7.62. The molecule has 3 heteroatoms. The van der Waals surface area contributed by atoms with Crippen molar-refractivity contribution >= 4 is 60.8 Å². The molecule has 0 aliphatic rings. The Labute approximate surface area is 343 Å². The minimum atomic E-state index is 0.870. The smallest absolute Gasteiger partial charge is 0.143 e. The van der Waals surface area contributed by atoms with E-state index in [-0.39, 0.29) is 0 Å². The summed E-state index contributed by atoms with van der Waals surface area (Å²) < 4.78 is 9.22. The zero-order chi connectivity index (χ0) is 39.5. The molecular weight excluding hydrogens is 717 g/mol. The summed E-state index contributed by atoms with van der Waals surface area (Å²) in [6.45, 7) is 4.42. The fourth-order valence-corrected chi connectivity index (χ4v) is 9.05. The third kappa shape index (κ3) is 5.90. The molecule has 0 spiro atoms. The van der Waals surface area contributed by atoms with Crippen molar-refractivity contribution in [3.8, 4) is 39.1 Å². The Kier molecular flexibility index (Phi) is 8.27. The number of hydrogen-bond acceptors (Lipinski definition) is 2. The van der Waals surface area contributed by atoms with Gasteiger partial charge in [0.25, 0.3) is 0 Å². The lowest BCUT2D eigenvalue weighted by molar-refractivity contribution is 0.670. The van der Waals surface area contributed by atoms with Crippen molar-refractivity contribution in [2.24, 2.45) is 0 Å². The lowest BCUT2D eigenvalue weighted by Gasteiger charge is -2.31. The van der Waals surface area contributed by atoms with Crippen molar-refractivity contribution < 1.29 is 4.42 Å². The van der Waals surface area contributed by atoms with Gasteiger partial charge in [0, 0.05) is 49.7 Å². The van der Waals surface area contributed by atoms with Crippen molar-refractivity contribution in [3.05, 3.63) is 217 Å². The number of fused-ring (bicyclic) bond motifs is 6. The summed E-state index contributed by atoms with van der Waals surface area (Å²) in [5.74, 6) is 0. The zero-order valence-corrected chi connectivity index (χ0v) is 32.9. The first-order chi connectivity index (χ1) is 29.1. The van der Waals surface area contributed by atoms with Gasteiger partial charge in [-0.1, -0.05) is 140 Å². The molecule has 0 saturated heterocycles. The fourth-order valence-electron chi connectivity index (χ4n) is 9.05. The first-order valence-corrected chi connectivity index (χ1v) is 20.3. The van der Waals surface area contributed by atoms with Gasteiger partial charge < -0.3 is 13.9 Å². The van der Waals surface area contributed by atoms with Crippen LogP contribution >= 0.6 is 0 Å². The number of para-hydroxylation sites is 3. The van der Waals surface area contributed by atoms with Crippen molar-refractivity contribution in [2.45, 2.75) is 13.8 Å². The van der Waals surface area contributed by atoms with E-state index in [1.165, 1.54) is 44.1 Å². The van der Waals surface area contributed by atoms with Crippen LogP contribution in [0.15, 0.2) is 211 Å². The lowest BCUT2D eigenvalue weighted by atomic mass is 9.92. The molecule has 2 aromatic heterocycles. The Morgan fingerprint density at radius 3 is 1.76 bits per heavy atom. The van der Waals surface area contributed by atoms with Gasteiger partial charge in [0.2, 0.25) is 0 Å². The average molecular weight is 757 g/mol. The molecule has 0 N–H and O–H groups in total. The van der Waals surface area contributed by atoms with Crippen LogP contribution in [0.1, 0.15) is 11.1 Å². The number of furan rings is 1. The van der Waals surface area contributed by atoms with Crippen LogP contribution in [0, 0.1) is 13.8 Å². The fraction of sp³-hybridized carbons (Fsp3) is 0.0357. The number of benzene rings is 9. The van der Waals surface area contributed by atoms with Gasteiger partial charge in [0.05, 0.1) is 16.7 Å². The van der Waals surface area contributed by atoms with E-state index in [9.17, 15) is 0 Å². The zero-order valence-electron chi connectivity index (χ0n) is 32.9. The predicted octanol–water partition coefficient (Wildman–Crippen LogP) is 15.8. The summed E-state index contributed by atoms with van der Waals surface area (Å²) in [5.41, 5.74) is 17.7. The van der Waals surface area contributed by atoms with E-state index in [0.717, 1.165) is 66.9 Å². The molecule has 3 nitrogen and oxygen atoms in total. The van der Waals surface area contributed by atoms with E-state index in [4.69, 9.17) is 4.42 Å². The summed E-state index contributed by atoms with van der Waals surface area (Å²) in [7, 11) is 0. The number of aryl methyl sites for hydroxylation is 2. The lowest BCUT2D eigenvalue weighted by Crippen LogP contribution is -2.13. The number of anilines is 3. The first kappa shape index (κ1) is 34.6. The molecule has 280 valence electrons. The van der Waals surface area contributed by atoms with E-state index in [2.05, 4.69) is 230 Å². The van der Waals surface area contributed by atoms with Gasteiger partial charge in [-0.05, 0) is 114 Å². The van der Waals surface area contributed by atoms with Gasteiger partial charge in [0.15, 0.2) is 0 Å². The topological polar surface area (TPSA) is 21.3 Å². The molecule has 11 rings (SSSR count). The highest BCUT2D eigenvalue weighted by molar-refractivity contribution is 6.13. The van der Waals surface area contributed by atoms with E-state index in [1.807, 2.05) is 0 Å². The Balaban J connectivity index is 1.20. The molecule has 0 aliphatic carbocycles. The van der Waals surface area contributed by atoms with Crippen molar-refractivity contribution in [3.63, 3.8) is 0 Å². The third-order valence-corrected chi connectivity index (χ3v) is 11.7. The molecule has 9 aromatic carbocycles. The van der Waals surface area contributed by atoms with Gasteiger partial charge in [-0.3, -0.25) is 0 Å².